The van der Waals surface area contributed by atoms with Crippen molar-refractivity contribution in [3.05, 3.63) is 65.5 Å². The fourth-order valence-corrected chi connectivity index (χ4v) is 7.18. The van der Waals surface area contributed by atoms with Crippen LogP contribution in [0, 0.1) is 12.8 Å². The maximum atomic E-state index is 13.0. The maximum Gasteiger partial charge on any atom is 0.251 e. The first-order valence-electron chi connectivity index (χ1n) is 10.9. The molecule has 0 saturated carbocycles. The third kappa shape index (κ3) is 5.31. The number of aromatic nitrogens is 1. The number of nitrogens with two attached hydrogens (primary N) is 1. The lowest BCUT2D eigenvalue weighted by Crippen LogP contribution is -2.40. The number of primary sulfonamides is 1. The van der Waals surface area contributed by atoms with Crippen molar-refractivity contribution in [2.24, 2.45) is 16.0 Å². The summed E-state index contributed by atoms with van der Waals surface area (Å²) in [5, 5.41) is 5.24. The molecule has 0 bridgehead atoms. The van der Waals surface area contributed by atoms with Crippen molar-refractivity contribution in [2.75, 3.05) is 13.1 Å². The molecule has 35 heavy (non-hydrogen) atoms. The fourth-order valence-electron chi connectivity index (χ4n) is 4.01. The molecule has 0 spiro atoms. The Bertz CT molecular complexity index is 1560. The third-order valence-electron chi connectivity index (χ3n) is 5.96. The number of nitrogens with zero attached hydrogens (tertiary/aromatic N) is 3. The van der Waals surface area contributed by atoms with Crippen molar-refractivity contribution >= 4 is 47.5 Å². The number of benzene rings is 2. The number of allylic oxidation sites excluding steroid dienone is 1. The van der Waals surface area contributed by atoms with Crippen molar-refractivity contribution in [1.29, 1.82) is 0 Å². The van der Waals surface area contributed by atoms with Gasteiger partial charge in [-0.1, -0.05) is 35.1 Å². The lowest BCUT2D eigenvalue weighted by atomic mass is 9.98. The van der Waals surface area contributed by atoms with E-state index in [2.05, 4.69) is 11.6 Å². The molecule has 12 heteroatoms. The number of carbonyl (C=O) groups excluding carboxylic acids is 1. The summed E-state index contributed by atoms with van der Waals surface area (Å²) in [5.41, 5.74) is 1.69. The van der Waals surface area contributed by atoms with Gasteiger partial charge in [0.15, 0.2) is 4.80 Å². The van der Waals surface area contributed by atoms with Gasteiger partial charge in [0.05, 0.1) is 20.0 Å². The molecule has 9 nitrogen and oxygen atoms in total. The summed E-state index contributed by atoms with van der Waals surface area (Å²) in [6.45, 7) is 6.50. The first-order valence-corrected chi connectivity index (χ1v) is 14.7. The molecule has 1 fully saturated rings. The largest absolute Gasteiger partial charge is 0.313 e. The minimum absolute atomic E-state index is 0.0166. The van der Waals surface area contributed by atoms with Crippen molar-refractivity contribution in [3.8, 4) is 0 Å². The van der Waals surface area contributed by atoms with E-state index in [0.717, 1.165) is 5.56 Å². The SMILES string of the molecule is C=CCn1c(=NC(=O)C2CCN(S(=O)(=O)c3ccc(C)cc3)CC2)sc2cc(S(N)(=O)=O)ccc21. The number of rotatable bonds is 6. The number of piperidine rings is 1. The zero-order valence-corrected chi connectivity index (χ0v) is 21.6. The highest BCUT2D eigenvalue weighted by molar-refractivity contribution is 7.89. The molecule has 0 aliphatic carbocycles. The average molecular weight is 535 g/mol. The number of sulfonamides is 2. The first kappa shape index (κ1) is 25.5. The Morgan fingerprint density at radius 3 is 2.34 bits per heavy atom. The predicted molar refractivity (Wildman–Crippen MR) is 135 cm³/mol. The van der Waals surface area contributed by atoms with Crippen LogP contribution in [0.25, 0.3) is 10.2 Å². The average Bonchev–Trinajstić information content (AvgIpc) is 3.15. The van der Waals surface area contributed by atoms with Crippen molar-refractivity contribution in [2.45, 2.75) is 36.1 Å². The van der Waals surface area contributed by atoms with E-state index < -0.39 is 26.0 Å². The fraction of sp³-hybridized carbons (Fsp3) is 0.304. The number of hydrogen-bond acceptors (Lipinski definition) is 6. The summed E-state index contributed by atoms with van der Waals surface area (Å²) in [6, 6.07) is 11.2. The van der Waals surface area contributed by atoms with Crippen molar-refractivity contribution in [3.63, 3.8) is 0 Å². The number of fused-ring (bicyclic) bond motifs is 1. The Morgan fingerprint density at radius 1 is 1.11 bits per heavy atom. The van der Waals surface area contributed by atoms with Crippen molar-refractivity contribution < 1.29 is 21.6 Å². The van der Waals surface area contributed by atoms with Crippen LogP contribution < -0.4 is 9.94 Å². The molecule has 186 valence electrons. The van der Waals surface area contributed by atoms with E-state index in [9.17, 15) is 21.6 Å². The molecule has 2 aromatic carbocycles. The van der Waals surface area contributed by atoms with Gasteiger partial charge in [0.25, 0.3) is 5.91 Å². The van der Waals surface area contributed by atoms with Crippen molar-refractivity contribution in [1.82, 2.24) is 8.87 Å². The second kappa shape index (κ2) is 9.78. The van der Waals surface area contributed by atoms with E-state index in [0.29, 0.717) is 34.4 Å². The number of aryl methyl sites for hydroxylation is 1. The third-order valence-corrected chi connectivity index (χ3v) is 9.83. The Balaban J connectivity index is 1.56. The summed E-state index contributed by atoms with van der Waals surface area (Å²) in [4.78, 5) is 18.0. The van der Waals surface area contributed by atoms with Crippen LogP contribution in [0.3, 0.4) is 0 Å². The normalized spacial score (nSPS) is 16.6. The molecule has 2 N–H and O–H groups in total. The van der Waals surface area contributed by atoms with Gasteiger partial charge in [-0.05, 0) is 50.1 Å². The van der Waals surface area contributed by atoms with Gasteiger partial charge in [0.1, 0.15) is 0 Å². The van der Waals surface area contributed by atoms with Crippen LogP contribution in [-0.4, -0.2) is 44.7 Å². The molecule has 1 aromatic heterocycles. The Morgan fingerprint density at radius 2 is 1.74 bits per heavy atom. The Hall–Kier alpha value is -2.64. The highest BCUT2D eigenvalue weighted by Gasteiger charge is 2.32. The van der Waals surface area contributed by atoms with Crippen LogP contribution in [0.15, 0.2) is 69.9 Å². The summed E-state index contributed by atoms with van der Waals surface area (Å²) < 4.78 is 53.1. The Kier molecular flexibility index (Phi) is 7.11. The number of hydrogen-bond donors (Lipinski definition) is 1. The second-order valence-corrected chi connectivity index (χ2v) is 12.9. The first-order chi connectivity index (χ1) is 16.5. The predicted octanol–water partition coefficient (Wildman–Crippen LogP) is 2.37. The summed E-state index contributed by atoms with van der Waals surface area (Å²) in [5.74, 6) is -0.727. The molecule has 1 aliphatic heterocycles. The van der Waals surface area contributed by atoms with Gasteiger partial charge in [-0.25, -0.2) is 22.0 Å². The lowest BCUT2D eigenvalue weighted by Gasteiger charge is -2.29. The van der Waals surface area contributed by atoms with Crippen LogP contribution in [0.1, 0.15) is 18.4 Å². The van der Waals surface area contributed by atoms with E-state index in [1.54, 1.807) is 41.0 Å². The molecule has 0 radical (unpaired) electrons. The van der Waals surface area contributed by atoms with Gasteiger partial charge in [-0.15, -0.1) is 6.58 Å². The van der Waals surface area contributed by atoms with Gasteiger partial charge >= 0.3 is 0 Å². The van der Waals surface area contributed by atoms with E-state index in [4.69, 9.17) is 5.14 Å². The monoisotopic (exact) mass is 534 g/mol. The minimum atomic E-state index is -3.86. The lowest BCUT2D eigenvalue weighted by molar-refractivity contribution is -0.122. The molecule has 0 atom stereocenters. The number of thiazole rings is 1. The summed E-state index contributed by atoms with van der Waals surface area (Å²) in [6.07, 6.45) is 2.41. The van der Waals surface area contributed by atoms with Crippen LogP contribution in [-0.2, 0) is 31.4 Å². The van der Waals surface area contributed by atoms with Crippen LogP contribution in [0.5, 0.6) is 0 Å². The van der Waals surface area contributed by atoms with Crippen LogP contribution in [0.2, 0.25) is 0 Å². The van der Waals surface area contributed by atoms with Gasteiger partial charge in [0.2, 0.25) is 20.0 Å². The zero-order valence-electron chi connectivity index (χ0n) is 19.1. The molecule has 1 saturated heterocycles. The summed E-state index contributed by atoms with van der Waals surface area (Å²) in [7, 11) is -7.48. The van der Waals surface area contributed by atoms with Gasteiger partial charge < -0.3 is 4.57 Å². The highest BCUT2D eigenvalue weighted by Crippen LogP contribution is 2.26. The molecule has 4 rings (SSSR count). The molecule has 2 heterocycles. The molecule has 1 aliphatic rings. The van der Waals surface area contributed by atoms with E-state index in [-0.39, 0.29) is 28.8 Å². The van der Waals surface area contributed by atoms with Gasteiger partial charge in [-0.3, -0.25) is 4.79 Å². The highest BCUT2D eigenvalue weighted by atomic mass is 32.2. The number of amides is 1. The summed E-state index contributed by atoms with van der Waals surface area (Å²) >= 11 is 1.19. The zero-order chi connectivity index (χ0) is 25.4. The second-order valence-electron chi connectivity index (χ2n) is 8.40. The maximum absolute atomic E-state index is 13.0. The molecule has 0 unspecified atom stereocenters. The van der Waals surface area contributed by atoms with E-state index >= 15 is 0 Å². The molecular weight excluding hydrogens is 508 g/mol. The van der Waals surface area contributed by atoms with Crippen LogP contribution >= 0.6 is 11.3 Å². The number of carbonyl (C=O) groups is 1. The van der Waals surface area contributed by atoms with Gasteiger partial charge in [0, 0.05) is 25.6 Å². The molecule has 1 amide bonds. The Labute approximate surface area is 208 Å². The van der Waals surface area contributed by atoms with Gasteiger partial charge in [-0.2, -0.15) is 9.30 Å². The smallest absolute Gasteiger partial charge is 0.251 e. The topological polar surface area (TPSA) is 132 Å². The quantitative estimate of drug-likeness (QED) is 0.485. The molecule has 3 aromatic rings. The van der Waals surface area contributed by atoms with E-state index in [1.165, 1.54) is 27.8 Å². The molecular formula is C23H26N4O5S3. The standard InChI is InChI=1S/C23H26N4O5S3/c1-3-12-27-20-9-8-19(34(24,29)30)15-21(20)33-23(27)25-22(28)17-10-13-26(14-11-17)35(31,32)18-6-4-16(2)5-7-18/h3-9,15,17H,1,10-14H2,2H3,(H2,24,29,30). The minimum Gasteiger partial charge on any atom is -0.313 e. The van der Waals surface area contributed by atoms with Crippen LogP contribution in [0.4, 0.5) is 0 Å². The van der Waals surface area contributed by atoms with E-state index in [1.807, 2.05) is 6.92 Å².